The minimum Gasteiger partial charge on any atom is -0.258 e. The molecule has 0 spiro atoms. The average molecular weight is 256 g/mol. The van der Waals surface area contributed by atoms with E-state index >= 15 is 0 Å². The molecule has 17 heavy (non-hydrogen) atoms. The van der Waals surface area contributed by atoms with Gasteiger partial charge < -0.3 is 0 Å². The summed E-state index contributed by atoms with van der Waals surface area (Å²) in [5, 5.41) is 10.6. The zero-order valence-electron chi connectivity index (χ0n) is 10.7. The first-order valence-electron chi connectivity index (χ1n) is 5.60. The summed E-state index contributed by atoms with van der Waals surface area (Å²) in [5.74, 6) is 0. The first-order chi connectivity index (χ1) is 7.71. The lowest BCUT2D eigenvalue weighted by Crippen LogP contribution is -2.23. The topological polar surface area (TPSA) is 43.1 Å². The summed E-state index contributed by atoms with van der Waals surface area (Å²) in [6, 6.07) is 4.94. The van der Waals surface area contributed by atoms with Crippen LogP contribution in [-0.2, 0) is 6.42 Å². The van der Waals surface area contributed by atoms with Gasteiger partial charge in [0.2, 0.25) is 0 Å². The second kappa shape index (κ2) is 5.05. The van der Waals surface area contributed by atoms with Crippen molar-refractivity contribution in [2.24, 2.45) is 5.41 Å². The van der Waals surface area contributed by atoms with Crippen LogP contribution in [0.1, 0.15) is 31.9 Å². The van der Waals surface area contributed by atoms with Gasteiger partial charge in [-0.2, -0.15) is 0 Å². The van der Waals surface area contributed by atoms with Crippen LogP contribution in [0, 0.1) is 22.5 Å². The predicted molar refractivity (Wildman–Crippen MR) is 70.6 cm³/mol. The van der Waals surface area contributed by atoms with Crippen LogP contribution < -0.4 is 0 Å². The summed E-state index contributed by atoms with van der Waals surface area (Å²) in [4.78, 5) is 10.2. The Balaban J connectivity index is 2.90. The highest BCUT2D eigenvalue weighted by Crippen LogP contribution is 2.29. The molecule has 1 rings (SSSR count). The van der Waals surface area contributed by atoms with Crippen molar-refractivity contribution in [1.82, 2.24) is 0 Å². The summed E-state index contributed by atoms with van der Waals surface area (Å²) in [5.41, 5.74) is 2.16. The molecule has 0 aliphatic heterocycles. The van der Waals surface area contributed by atoms with E-state index < -0.39 is 0 Å². The van der Waals surface area contributed by atoms with Gasteiger partial charge in [0.15, 0.2) is 0 Å². The molecule has 3 nitrogen and oxygen atoms in total. The van der Waals surface area contributed by atoms with Crippen LogP contribution in [0.15, 0.2) is 18.2 Å². The fourth-order valence-electron chi connectivity index (χ4n) is 1.52. The number of rotatable bonds is 3. The summed E-state index contributed by atoms with van der Waals surface area (Å²) in [6.07, 6.45) is 0.731. The average Bonchev–Trinajstić information content (AvgIpc) is 2.19. The van der Waals surface area contributed by atoms with Crippen molar-refractivity contribution in [3.8, 4) is 0 Å². The Kier molecular flexibility index (Phi) is 4.15. The van der Waals surface area contributed by atoms with Crippen LogP contribution in [0.5, 0.6) is 0 Å². The lowest BCUT2D eigenvalue weighted by Gasteiger charge is -2.25. The van der Waals surface area contributed by atoms with E-state index in [-0.39, 0.29) is 21.4 Å². The Hall–Kier alpha value is -1.09. The smallest absolute Gasteiger partial charge is 0.258 e. The highest BCUT2D eigenvalue weighted by molar-refractivity contribution is 6.21. The van der Waals surface area contributed by atoms with Crippen LogP contribution in [-0.4, -0.2) is 10.3 Å². The van der Waals surface area contributed by atoms with Crippen molar-refractivity contribution in [1.29, 1.82) is 0 Å². The molecule has 1 aromatic carbocycles. The van der Waals surface area contributed by atoms with Gasteiger partial charge in [0.25, 0.3) is 5.69 Å². The molecular weight excluding hydrogens is 238 g/mol. The van der Waals surface area contributed by atoms with E-state index in [9.17, 15) is 10.1 Å². The quantitative estimate of drug-likeness (QED) is 0.464. The molecule has 0 bridgehead atoms. The number of non-ortho nitro benzene ring substituents is 1. The first-order valence-corrected chi connectivity index (χ1v) is 6.03. The van der Waals surface area contributed by atoms with Crippen molar-refractivity contribution < 1.29 is 4.92 Å². The molecule has 1 aromatic rings. The van der Waals surface area contributed by atoms with Crippen LogP contribution in [0.2, 0.25) is 0 Å². The highest BCUT2D eigenvalue weighted by Gasteiger charge is 2.23. The minimum absolute atomic E-state index is 0.0163. The van der Waals surface area contributed by atoms with Gasteiger partial charge in [0.1, 0.15) is 0 Å². The molecule has 1 atom stereocenters. The van der Waals surface area contributed by atoms with Crippen molar-refractivity contribution >= 4 is 17.3 Å². The number of aryl methyl sites for hydroxylation is 1. The molecule has 0 amide bonds. The second-order valence-corrected chi connectivity index (χ2v) is 5.93. The zero-order chi connectivity index (χ0) is 13.2. The van der Waals surface area contributed by atoms with Gasteiger partial charge in [-0.3, -0.25) is 10.1 Å². The van der Waals surface area contributed by atoms with Crippen LogP contribution in [0.25, 0.3) is 0 Å². The maximum Gasteiger partial charge on any atom is 0.269 e. The standard InChI is InChI=1S/C13H18ClNO2/c1-9-7-11(15(16)17)6-5-10(9)8-12(14)13(2,3)4/h5-7,12H,8H2,1-4H3. The van der Waals surface area contributed by atoms with Crippen molar-refractivity contribution in [3.63, 3.8) is 0 Å². The van der Waals surface area contributed by atoms with E-state index in [0.29, 0.717) is 0 Å². The Bertz CT molecular complexity index is 424. The molecule has 0 N–H and O–H groups in total. The van der Waals surface area contributed by atoms with Gasteiger partial charge in [-0.25, -0.2) is 0 Å². The third-order valence-electron chi connectivity index (χ3n) is 2.88. The van der Waals surface area contributed by atoms with E-state index in [1.807, 2.05) is 6.92 Å². The van der Waals surface area contributed by atoms with Gasteiger partial charge in [-0.05, 0) is 29.9 Å². The van der Waals surface area contributed by atoms with Crippen molar-refractivity contribution in [2.45, 2.75) is 39.5 Å². The predicted octanol–water partition coefficient (Wildman–Crippen LogP) is 4.10. The van der Waals surface area contributed by atoms with Crippen LogP contribution in [0.3, 0.4) is 0 Å². The lowest BCUT2D eigenvalue weighted by atomic mass is 9.87. The zero-order valence-corrected chi connectivity index (χ0v) is 11.4. The molecule has 0 saturated heterocycles. The van der Waals surface area contributed by atoms with Crippen LogP contribution in [0.4, 0.5) is 5.69 Å². The number of alkyl halides is 1. The molecule has 0 aliphatic carbocycles. The minimum atomic E-state index is -0.376. The molecule has 94 valence electrons. The van der Waals surface area contributed by atoms with Crippen molar-refractivity contribution in [2.75, 3.05) is 0 Å². The van der Waals surface area contributed by atoms with Gasteiger partial charge in [-0.15, -0.1) is 11.6 Å². The molecule has 0 aliphatic rings. The van der Waals surface area contributed by atoms with E-state index in [2.05, 4.69) is 20.8 Å². The van der Waals surface area contributed by atoms with Gasteiger partial charge in [0.05, 0.1) is 4.92 Å². The summed E-state index contributed by atoms with van der Waals surface area (Å²) < 4.78 is 0. The maximum absolute atomic E-state index is 10.6. The molecule has 0 heterocycles. The van der Waals surface area contributed by atoms with E-state index in [0.717, 1.165) is 17.5 Å². The lowest BCUT2D eigenvalue weighted by molar-refractivity contribution is -0.384. The highest BCUT2D eigenvalue weighted by atomic mass is 35.5. The Labute approximate surface area is 107 Å². The molecule has 0 radical (unpaired) electrons. The number of nitrogens with zero attached hydrogens (tertiary/aromatic N) is 1. The van der Waals surface area contributed by atoms with Crippen LogP contribution >= 0.6 is 11.6 Å². The number of halogens is 1. The fraction of sp³-hybridized carbons (Fsp3) is 0.538. The largest absolute Gasteiger partial charge is 0.269 e. The van der Waals surface area contributed by atoms with E-state index in [1.54, 1.807) is 12.1 Å². The van der Waals surface area contributed by atoms with E-state index in [4.69, 9.17) is 11.6 Å². The SMILES string of the molecule is Cc1cc([N+](=O)[O-])ccc1CC(Cl)C(C)(C)C. The fourth-order valence-corrected chi connectivity index (χ4v) is 1.69. The number of nitro groups is 1. The molecule has 0 fully saturated rings. The number of benzene rings is 1. The Morgan fingerprint density at radius 3 is 2.41 bits per heavy atom. The number of nitro benzene ring substituents is 1. The molecular formula is C13H18ClNO2. The second-order valence-electron chi connectivity index (χ2n) is 5.41. The summed E-state index contributed by atoms with van der Waals surface area (Å²) in [6.45, 7) is 8.15. The third kappa shape index (κ3) is 3.70. The maximum atomic E-state index is 10.6. The Morgan fingerprint density at radius 2 is 2.00 bits per heavy atom. The summed E-state index contributed by atoms with van der Waals surface area (Å²) >= 11 is 6.33. The third-order valence-corrected chi connectivity index (χ3v) is 3.68. The summed E-state index contributed by atoms with van der Waals surface area (Å²) in [7, 11) is 0. The molecule has 0 saturated carbocycles. The normalized spacial score (nSPS) is 13.5. The molecule has 0 aromatic heterocycles. The first kappa shape index (κ1) is 14.0. The Morgan fingerprint density at radius 1 is 1.41 bits per heavy atom. The monoisotopic (exact) mass is 255 g/mol. The van der Waals surface area contributed by atoms with Gasteiger partial charge in [0, 0.05) is 17.5 Å². The van der Waals surface area contributed by atoms with Gasteiger partial charge in [-0.1, -0.05) is 26.8 Å². The van der Waals surface area contributed by atoms with Gasteiger partial charge >= 0.3 is 0 Å². The number of hydrogen-bond donors (Lipinski definition) is 0. The molecule has 4 heteroatoms. The van der Waals surface area contributed by atoms with E-state index in [1.165, 1.54) is 6.07 Å². The molecule has 1 unspecified atom stereocenters. The number of hydrogen-bond acceptors (Lipinski definition) is 2. The van der Waals surface area contributed by atoms with Crippen molar-refractivity contribution in [3.05, 3.63) is 39.4 Å².